The van der Waals surface area contributed by atoms with Crippen LogP contribution >= 0.6 is 0 Å². The van der Waals surface area contributed by atoms with E-state index in [1.807, 2.05) is 13.8 Å². The van der Waals surface area contributed by atoms with E-state index >= 15 is 0 Å². The van der Waals surface area contributed by atoms with Gasteiger partial charge in [-0.3, -0.25) is 0 Å². The van der Waals surface area contributed by atoms with Crippen molar-refractivity contribution in [2.24, 2.45) is 5.92 Å². The molecule has 1 fully saturated rings. The topological polar surface area (TPSA) is 86.9 Å². The second kappa shape index (κ2) is 6.02. The molecule has 7 heteroatoms. The Morgan fingerprint density at radius 3 is 2.74 bits per heavy atom. The second-order valence-corrected chi connectivity index (χ2v) is 6.73. The Labute approximate surface area is 114 Å². The van der Waals surface area contributed by atoms with E-state index in [2.05, 4.69) is 20.0 Å². The molecule has 1 aliphatic rings. The molecule has 1 saturated heterocycles. The standard InChI is InChI=1S/C12H22N4O2S/c1-3-11-14-8-12(15-11)19(17,18)16-9(2)10-4-6-13-7-5-10/h8-10,13,16H,3-7H2,1-2H3,(H,14,15). The molecule has 108 valence electrons. The number of aromatic amines is 1. The van der Waals surface area contributed by atoms with Gasteiger partial charge in [0.05, 0.1) is 6.20 Å². The lowest BCUT2D eigenvalue weighted by molar-refractivity contribution is 0.316. The monoisotopic (exact) mass is 286 g/mol. The number of rotatable bonds is 5. The number of nitrogens with zero attached hydrogens (tertiary/aromatic N) is 1. The van der Waals surface area contributed by atoms with Crippen LogP contribution in [0.1, 0.15) is 32.5 Å². The van der Waals surface area contributed by atoms with Gasteiger partial charge >= 0.3 is 0 Å². The smallest absolute Gasteiger partial charge is 0.257 e. The molecule has 0 bridgehead atoms. The largest absolute Gasteiger partial charge is 0.332 e. The molecular weight excluding hydrogens is 264 g/mol. The summed E-state index contributed by atoms with van der Waals surface area (Å²) >= 11 is 0. The lowest BCUT2D eigenvalue weighted by Crippen LogP contribution is -2.42. The van der Waals surface area contributed by atoms with Crippen molar-refractivity contribution in [3.05, 3.63) is 12.0 Å². The first-order valence-corrected chi connectivity index (χ1v) is 8.28. The first-order valence-electron chi connectivity index (χ1n) is 6.80. The van der Waals surface area contributed by atoms with E-state index in [9.17, 15) is 8.42 Å². The zero-order valence-corrected chi connectivity index (χ0v) is 12.3. The van der Waals surface area contributed by atoms with Crippen molar-refractivity contribution in [3.63, 3.8) is 0 Å². The fourth-order valence-electron chi connectivity index (χ4n) is 2.41. The Balaban J connectivity index is 2.03. The van der Waals surface area contributed by atoms with Gasteiger partial charge in [0.2, 0.25) is 0 Å². The van der Waals surface area contributed by atoms with Crippen LogP contribution < -0.4 is 10.0 Å². The summed E-state index contributed by atoms with van der Waals surface area (Å²) in [4.78, 5) is 6.87. The van der Waals surface area contributed by atoms with E-state index in [1.54, 1.807) is 0 Å². The van der Waals surface area contributed by atoms with Crippen LogP contribution in [0.3, 0.4) is 0 Å². The predicted molar refractivity (Wildman–Crippen MR) is 73.3 cm³/mol. The first-order chi connectivity index (χ1) is 9.03. The molecular formula is C12H22N4O2S. The van der Waals surface area contributed by atoms with Crippen LogP contribution in [0.5, 0.6) is 0 Å². The van der Waals surface area contributed by atoms with Gasteiger partial charge in [0, 0.05) is 12.5 Å². The molecule has 0 aliphatic carbocycles. The van der Waals surface area contributed by atoms with Crippen molar-refractivity contribution < 1.29 is 8.42 Å². The molecule has 0 amide bonds. The summed E-state index contributed by atoms with van der Waals surface area (Å²) in [5, 5.41) is 3.44. The van der Waals surface area contributed by atoms with E-state index in [4.69, 9.17) is 0 Å². The number of sulfonamides is 1. The highest BCUT2D eigenvalue weighted by molar-refractivity contribution is 7.89. The maximum atomic E-state index is 12.2. The number of aromatic nitrogens is 2. The third kappa shape index (κ3) is 3.55. The Kier molecular flexibility index (Phi) is 4.59. The zero-order valence-electron chi connectivity index (χ0n) is 11.4. The Bertz CT molecular complexity index is 506. The molecule has 1 aliphatic heterocycles. The molecule has 2 rings (SSSR count). The minimum absolute atomic E-state index is 0.0551. The van der Waals surface area contributed by atoms with Crippen LogP contribution in [0.25, 0.3) is 0 Å². The minimum Gasteiger partial charge on any atom is -0.332 e. The highest BCUT2D eigenvalue weighted by Gasteiger charge is 2.26. The van der Waals surface area contributed by atoms with Gasteiger partial charge in [-0.05, 0) is 38.8 Å². The SMILES string of the molecule is CCc1ncc(S(=O)(=O)NC(C)C2CCNCC2)[nH]1. The lowest BCUT2D eigenvalue weighted by Gasteiger charge is -2.28. The Morgan fingerprint density at radius 2 is 2.16 bits per heavy atom. The summed E-state index contributed by atoms with van der Waals surface area (Å²) in [6.45, 7) is 5.78. The Hall–Kier alpha value is -0.920. The molecule has 1 aromatic rings. The number of imidazole rings is 1. The van der Waals surface area contributed by atoms with Crippen molar-refractivity contribution in [2.45, 2.75) is 44.2 Å². The molecule has 3 N–H and O–H groups in total. The highest BCUT2D eigenvalue weighted by atomic mass is 32.2. The van der Waals surface area contributed by atoms with Crippen LogP contribution in [-0.2, 0) is 16.4 Å². The maximum Gasteiger partial charge on any atom is 0.257 e. The van der Waals surface area contributed by atoms with Gasteiger partial charge in [-0.1, -0.05) is 6.92 Å². The summed E-state index contributed by atoms with van der Waals surface area (Å²) in [6.07, 6.45) is 4.09. The van der Waals surface area contributed by atoms with E-state index < -0.39 is 10.0 Å². The third-order valence-electron chi connectivity index (χ3n) is 3.66. The van der Waals surface area contributed by atoms with E-state index in [0.717, 1.165) is 25.9 Å². The number of nitrogens with one attached hydrogen (secondary N) is 3. The molecule has 1 aromatic heterocycles. The van der Waals surface area contributed by atoms with Gasteiger partial charge in [-0.2, -0.15) is 0 Å². The summed E-state index contributed by atoms with van der Waals surface area (Å²) in [5.74, 6) is 1.08. The molecule has 1 atom stereocenters. The average Bonchev–Trinajstić information content (AvgIpc) is 2.89. The van der Waals surface area contributed by atoms with Crippen molar-refractivity contribution in [2.75, 3.05) is 13.1 Å². The van der Waals surface area contributed by atoms with Gasteiger partial charge in [0.1, 0.15) is 5.82 Å². The highest BCUT2D eigenvalue weighted by Crippen LogP contribution is 2.18. The second-order valence-electron chi connectivity index (χ2n) is 5.05. The van der Waals surface area contributed by atoms with E-state index in [0.29, 0.717) is 18.2 Å². The quantitative estimate of drug-likeness (QED) is 0.741. The van der Waals surface area contributed by atoms with Gasteiger partial charge in [0.15, 0.2) is 5.03 Å². The molecule has 0 aromatic carbocycles. The third-order valence-corrected chi connectivity index (χ3v) is 5.13. The summed E-state index contributed by atoms with van der Waals surface area (Å²) in [6, 6.07) is -0.0551. The number of aryl methyl sites for hydroxylation is 1. The zero-order chi connectivity index (χ0) is 13.9. The van der Waals surface area contributed by atoms with Crippen molar-refractivity contribution in [1.29, 1.82) is 0 Å². The van der Waals surface area contributed by atoms with E-state index in [1.165, 1.54) is 6.20 Å². The number of H-pyrrole nitrogens is 1. The normalized spacial score (nSPS) is 19.5. The summed E-state index contributed by atoms with van der Waals surface area (Å²) in [5.41, 5.74) is 0. The van der Waals surface area contributed by atoms with Gasteiger partial charge in [0.25, 0.3) is 10.0 Å². The van der Waals surface area contributed by atoms with E-state index in [-0.39, 0.29) is 11.1 Å². The van der Waals surface area contributed by atoms with Crippen molar-refractivity contribution in [1.82, 2.24) is 20.0 Å². The number of piperidine rings is 1. The van der Waals surface area contributed by atoms with Crippen LogP contribution in [0, 0.1) is 5.92 Å². The number of hydrogen-bond acceptors (Lipinski definition) is 4. The number of hydrogen-bond donors (Lipinski definition) is 3. The lowest BCUT2D eigenvalue weighted by atomic mass is 9.92. The Morgan fingerprint density at radius 1 is 1.47 bits per heavy atom. The molecule has 0 spiro atoms. The molecule has 6 nitrogen and oxygen atoms in total. The maximum absolute atomic E-state index is 12.2. The molecule has 0 saturated carbocycles. The van der Waals surface area contributed by atoms with Crippen LogP contribution in [0.4, 0.5) is 0 Å². The molecule has 2 heterocycles. The van der Waals surface area contributed by atoms with Gasteiger partial charge in [-0.25, -0.2) is 18.1 Å². The average molecular weight is 286 g/mol. The fraction of sp³-hybridized carbons (Fsp3) is 0.750. The van der Waals surface area contributed by atoms with Crippen molar-refractivity contribution in [3.8, 4) is 0 Å². The van der Waals surface area contributed by atoms with Crippen molar-refractivity contribution >= 4 is 10.0 Å². The predicted octanol–water partition coefficient (Wildman–Crippen LogP) is 0.638. The van der Waals surface area contributed by atoms with Gasteiger partial charge in [-0.15, -0.1) is 0 Å². The van der Waals surface area contributed by atoms with Gasteiger partial charge < -0.3 is 10.3 Å². The minimum atomic E-state index is -3.49. The summed E-state index contributed by atoms with van der Waals surface area (Å²) in [7, 11) is -3.49. The molecule has 1 unspecified atom stereocenters. The van der Waals surface area contributed by atoms with Crippen LogP contribution in [0.15, 0.2) is 11.2 Å². The van der Waals surface area contributed by atoms with Crippen LogP contribution in [0.2, 0.25) is 0 Å². The molecule has 0 radical (unpaired) electrons. The first kappa shape index (κ1) is 14.5. The van der Waals surface area contributed by atoms with Crippen LogP contribution in [-0.4, -0.2) is 37.5 Å². The molecule has 19 heavy (non-hydrogen) atoms. The fourth-order valence-corrected chi connectivity index (χ4v) is 3.66. The summed E-state index contributed by atoms with van der Waals surface area (Å²) < 4.78 is 27.2.